The molecule has 0 atom stereocenters. The van der Waals surface area contributed by atoms with Crippen LogP contribution in [0.5, 0.6) is 0 Å². The van der Waals surface area contributed by atoms with E-state index in [0.717, 1.165) is 17.1 Å². The first-order valence-corrected chi connectivity index (χ1v) is 8.97. The van der Waals surface area contributed by atoms with Gasteiger partial charge in [-0.3, -0.25) is 0 Å². The SMILES string of the molecule is Nc1cccc(Nc2nc(Nc3ccccc3)nc(Nc3cccc(N)c3)n2)c1. The number of anilines is 8. The monoisotopic (exact) mass is 384 g/mol. The molecule has 1 heterocycles. The van der Waals surface area contributed by atoms with Gasteiger partial charge in [0.25, 0.3) is 0 Å². The van der Waals surface area contributed by atoms with Gasteiger partial charge in [0.2, 0.25) is 17.8 Å². The Hall–Kier alpha value is -4.33. The molecule has 4 aromatic rings. The van der Waals surface area contributed by atoms with Crippen LogP contribution in [0, 0.1) is 0 Å². The highest BCUT2D eigenvalue weighted by molar-refractivity contribution is 5.65. The molecular formula is C21H20N8. The summed E-state index contributed by atoms with van der Waals surface area (Å²) in [6.07, 6.45) is 0. The molecule has 0 fully saturated rings. The number of aromatic nitrogens is 3. The number of hydrogen-bond acceptors (Lipinski definition) is 8. The standard InChI is InChI=1S/C21H20N8/c22-14-6-4-10-17(12-14)25-20-27-19(24-16-8-2-1-3-9-16)28-21(29-20)26-18-11-5-7-15(23)13-18/h1-13H,22-23H2,(H3,24,25,26,27,28,29). The Morgan fingerprint density at radius 2 is 0.897 bits per heavy atom. The van der Waals surface area contributed by atoms with Crippen molar-refractivity contribution in [3.8, 4) is 0 Å². The highest BCUT2D eigenvalue weighted by Crippen LogP contribution is 2.22. The van der Waals surface area contributed by atoms with Gasteiger partial charge in [-0.15, -0.1) is 0 Å². The molecule has 29 heavy (non-hydrogen) atoms. The lowest BCUT2D eigenvalue weighted by molar-refractivity contribution is 1.06. The van der Waals surface area contributed by atoms with E-state index in [-0.39, 0.29) is 0 Å². The maximum atomic E-state index is 5.86. The molecule has 144 valence electrons. The maximum absolute atomic E-state index is 5.86. The summed E-state index contributed by atoms with van der Waals surface area (Å²) in [5.74, 6) is 1.13. The molecule has 0 unspecified atom stereocenters. The predicted octanol–water partition coefficient (Wildman–Crippen LogP) is 4.27. The van der Waals surface area contributed by atoms with Crippen molar-refractivity contribution in [2.75, 3.05) is 27.4 Å². The summed E-state index contributed by atoms with van der Waals surface area (Å²) in [5, 5.41) is 9.51. The third-order valence-corrected chi connectivity index (χ3v) is 3.95. The van der Waals surface area contributed by atoms with Crippen LogP contribution in [0.25, 0.3) is 0 Å². The molecule has 8 heteroatoms. The van der Waals surface area contributed by atoms with Crippen molar-refractivity contribution in [1.29, 1.82) is 0 Å². The number of nitrogen functional groups attached to an aromatic ring is 2. The highest BCUT2D eigenvalue weighted by Gasteiger charge is 2.09. The van der Waals surface area contributed by atoms with E-state index in [0.29, 0.717) is 29.2 Å². The fourth-order valence-corrected chi connectivity index (χ4v) is 2.69. The average molecular weight is 384 g/mol. The first-order valence-electron chi connectivity index (χ1n) is 8.97. The van der Waals surface area contributed by atoms with Gasteiger partial charge in [-0.1, -0.05) is 30.3 Å². The van der Waals surface area contributed by atoms with Gasteiger partial charge in [-0.05, 0) is 48.5 Å². The van der Waals surface area contributed by atoms with Crippen LogP contribution in [-0.2, 0) is 0 Å². The van der Waals surface area contributed by atoms with Gasteiger partial charge in [-0.2, -0.15) is 15.0 Å². The third-order valence-electron chi connectivity index (χ3n) is 3.95. The summed E-state index contributed by atoms with van der Waals surface area (Å²) in [6, 6.07) is 24.4. The van der Waals surface area contributed by atoms with Crippen molar-refractivity contribution >= 4 is 46.3 Å². The molecule has 0 saturated carbocycles. The molecule has 0 aliphatic heterocycles. The highest BCUT2D eigenvalue weighted by atomic mass is 15.3. The van der Waals surface area contributed by atoms with Crippen molar-refractivity contribution in [1.82, 2.24) is 15.0 Å². The minimum atomic E-state index is 0.371. The van der Waals surface area contributed by atoms with Crippen LogP contribution in [0.15, 0.2) is 78.9 Å². The van der Waals surface area contributed by atoms with Gasteiger partial charge in [-0.25, -0.2) is 0 Å². The Balaban J connectivity index is 1.66. The average Bonchev–Trinajstić information content (AvgIpc) is 2.69. The summed E-state index contributed by atoms with van der Waals surface area (Å²) in [5.41, 5.74) is 15.4. The van der Waals surface area contributed by atoms with Crippen LogP contribution in [0.1, 0.15) is 0 Å². The van der Waals surface area contributed by atoms with E-state index in [4.69, 9.17) is 11.5 Å². The van der Waals surface area contributed by atoms with E-state index in [1.807, 2.05) is 66.7 Å². The molecule has 0 radical (unpaired) electrons. The Bertz CT molecular complexity index is 1050. The number of nitrogens with two attached hydrogens (primary N) is 2. The number of rotatable bonds is 6. The lowest BCUT2D eigenvalue weighted by atomic mass is 10.3. The molecule has 3 aromatic carbocycles. The zero-order valence-electron chi connectivity index (χ0n) is 15.5. The number of nitrogens with one attached hydrogen (secondary N) is 3. The number of para-hydroxylation sites is 1. The van der Waals surface area contributed by atoms with Crippen LogP contribution >= 0.6 is 0 Å². The van der Waals surface area contributed by atoms with Gasteiger partial charge >= 0.3 is 0 Å². The normalized spacial score (nSPS) is 10.3. The van der Waals surface area contributed by atoms with Gasteiger partial charge in [0, 0.05) is 28.4 Å². The molecule has 8 nitrogen and oxygen atoms in total. The second-order valence-electron chi connectivity index (χ2n) is 6.30. The second kappa shape index (κ2) is 8.13. The van der Waals surface area contributed by atoms with Crippen LogP contribution in [0.2, 0.25) is 0 Å². The van der Waals surface area contributed by atoms with Crippen molar-refractivity contribution in [2.24, 2.45) is 0 Å². The maximum Gasteiger partial charge on any atom is 0.233 e. The Kier molecular flexibility index (Phi) is 5.06. The van der Waals surface area contributed by atoms with Crippen molar-refractivity contribution in [3.63, 3.8) is 0 Å². The Morgan fingerprint density at radius 1 is 0.483 bits per heavy atom. The van der Waals surface area contributed by atoms with E-state index in [1.54, 1.807) is 12.1 Å². The molecular weight excluding hydrogens is 364 g/mol. The summed E-state index contributed by atoms with van der Waals surface area (Å²) in [4.78, 5) is 13.4. The number of nitrogens with zero attached hydrogens (tertiary/aromatic N) is 3. The largest absolute Gasteiger partial charge is 0.399 e. The molecule has 4 rings (SSSR count). The topological polar surface area (TPSA) is 127 Å². The fraction of sp³-hybridized carbons (Fsp3) is 0. The zero-order valence-corrected chi connectivity index (χ0v) is 15.5. The van der Waals surface area contributed by atoms with Crippen molar-refractivity contribution in [3.05, 3.63) is 78.9 Å². The fourth-order valence-electron chi connectivity index (χ4n) is 2.69. The number of benzene rings is 3. The summed E-state index contributed by atoms with van der Waals surface area (Å²) in [6.45, 7) is 0. The van der Waals surface area contributed by atoms with Crippen LogP contribution in [-0.4, -0.2) is 15.0 Å². The van der Waals surface area contributed by atoms with Crippen LogP contribution < -0.4 is 27.4 Å². The second-order valence-corrected chi connectivity index (χ2v) is 6.30. The lowest BCUT2D eigenvalue weighted by Crippen LogP contribution is -2.07. The molecule has 0 bridgehead atoms. The van der Waals surface area contributed by atoms with E-state index in [9.17, 15) is 0 Å². The van der Waals surface area contributed by atoms with E-state index in [2.05, 4.69) is 30.9 Å². The van der Waals surface area contributed by atoms with Crippen molar-refractivity contribution in [2.45, 2.75) is 0 Å². The molecule has 0 saturated heterocycles. The van der Waals surface area contributed by atoms with Crippen molar-refractivity contribution < 1.29 is 0 Å². The van der Waals surface area contributed by atoms with Crippen LogP contribution in [0.3, 0.4) is 0 Å². The van der Waals surface area contributed by atoms with Gasteiger partial charge in [0.05, 0.1) is 0 Å². The quantitative estimate of drug-likeness (QED) is 0.312. The molecule has 0 aliphatic rings. The minimum absolute atomic E-state index is 0.371. The minimum Gasteiger partial charge on any atom is -0.399 e. The first-order chi connectivity index (χ1) is 14.1. The van der Waals surface area contributed by atoms with Gasteiger partial charge in [0.15, 0.2) is 0 Å². The van der Waals surface area contributed by atoms with Gasteiger partial charge in [0.1, 0.15) is 0 Å². The predicted molar refractivity (Wildman–Crippen MR) is 118 cm³/mol. The Labute approximate surface area is 168 Å². The van der Waals surface area contributed by atoms with Gasteiger partial charge < -0.3 is 27.4 Å². The van der Waals surface area contributed by atoms with Crippen LogP contribution in [0.4, 0.5) is 46.3 Å². The summed E-state index contributed by atoms with van der Waals surface area (Å²) >= 11 is 0. The summed E-state index contributed by atoms with van der Waals surface area (Å²) in [7, 11) is 0. The molecule has 0 amide bonds. The van der Waals surface area contributed by atoms with E-state index >= 15 is 0 Å². The molecule has 0 aliphatic carbocycles. The molecule has 0 spiro atoms. The molecule has 1 aromatic heterocycles. The van der Waals surface area contributed by atoms with E-state index in [1.165, 1.54) is 0 Å². The van der Waals surface area contributed by atoms with E-state index < -0.39 is 0 Å². The zero-order chi connectivity index (χ0) is 20.1. The molecule has 7 N–H and O–H groups in total. The number of hydrogen-bond donors (Lipinski definition) is 5. The third kappa shape index (κ3) is 4.89. The summed E-state index contributed by atoms with van der Waals surface area (Å²) < 4.78 is 0. The smallest absolute Gasteiger partial charge is 0.233 e. The lowest BCUT2D eigenvalue weighted by Gasteiger charge is -2.12. The Morgan fingerprint density at radius 3 is 1.34 bits per heavy atom. The first kappa shape index (κ1) is 18.1.